The number of hydrogen-bond donors (Lipinski definition) is 0. The number of rotatable bonds is 1. The van der Waals surface area contributed by atoms with E-state index in [9.17, 15) is 9.59 Å². The molecule has 3 saturated carbocycles. The van der Waals surface area contributed by atoms with Gasteiger partial charge >= 0.3 is 0 Å². The highest BCUT2D eigenvalue weighted by Gasteiger charge is 2.56. The monoisotopic (exact) mass is 286 g/mol. The van der Waals surface area contributed by atoms with Crippen molar-refractivity contribution in [2.75, 3.05) is 0 Å². The van der Waals surface area contributed by atoms with Crippen LogP contribution in [0.1, 0.15) is 58.3 Å². The number of carbonyl (C=O) groups excluding carboxylic acids is 2. The lowest BCUT2D eigenvalue weighted by atomic mass is 9.51. The molecule has 0 amide bonds. The van der Waals surface area contributed by atoms with Crippen LogP contribution in [0.5, 0.6) is 0 Å². The highest BCUT2D eigenvalue weighted by Crippen LogP contribution is 2.63. The van der Waals surface area contributed by atoms with Gasteiger partial charge in [-0.15, -0.1) is 0 Å². The second-order valence-corrected chi connectivity index (χ2v) is 8.17. The van der Waals surface area contributed by atoms with E-state index in [-0.39, 0.29) is 5.41 Å². The molecule has 6 atom stereocenters. The number of aldehydes is 1. The SMILES string of the molecule is C[C@]12CC[C@H]3[C@@H](CCC4=CC(=O)CC[C@@H]43)[C@@H]1CC[C@@H]2C=O. The molecule has 0 aliphatic heterocycles. The molecular formula is C19H26O2. The van der Waals surface area contributed by atoms with E-state index in [0.717, 1.165) is 43.4 Å². The summed E-state index contributed by atoms with van der Waals surface area (Å²) in [6.07, 6.45) is 12.3. The summed E-state index contributed by atoms with van der Waals surface area (Å²) in [5, 5.41) is 0. The first-order chi connectivity index (χ1) is 10.1. The van der Waals surface area contributed by atoms with Crippen LogP contribution in [0.15, 0.2) is 11.6 Å². The van der Waals surface area contributed by atoms with Crippen LogP contribution in [0.3, 0.4) is 0 Å². The molecule has 3 fully saturated rings. The Bertz CT molecular complexity index is 506. The highest BCUT2D eigenvalue weighted by molar-refractivity contribution is 5.91. The van der Waals surface area contributed by atoms with Crippen molar-refractivity contribution < 1.29 is 9.59 Å². The standard InChI is InChI=1S/C19H26O2/c1-19-9-8-16-15-6-4-14(21)10-12(15)2-5-17(16)18(19)7-3-13(19)11-20/h10-11,13,15-18H,2-9H2,1H3/t13-,15+,16-,17-,18+,19-/m1/s1. The second kappa shape index (κ2) is 4.79. The van der Waals surface area contributed by atoms with Gasteiger partial charge in [0.15, 0.2) is 5.78 Å². The maximum Gasteiger partial charge on any atom is 0.155 e. The minimum atomic E-state index is 0.272. The van der Waals surface area contributed by atoms with E-state index in [0.29, 0.717) is 17.6 Å². The molecule has 0 aromatic carbocycles. The Morgan fingerprint density at radius 3 is 2.76 bits per heavy atom. The molecule has 0 spiro atoms. The molecule has 0 aromatic rings. The minimum Gasteiger partial charge on any atom is -0.303 e. The smallest absolute Gasteiger partial charge is 0.155 e. The summed E-state index contributed by atoms with van der Waals surface area (Å²) in [6.45, 7) is 2.38. The van der Waals surface area contributed by atoms with Crippen LogP contribution in [0, 0.1) is 35.0 Å². The van der Waals surface area contributed by atoms with Gasteiger partial charge in [-0.25, -0.2) is 0 Å². The zero-order valence-electron chi connectivity index (χ0n) is 13.0. The number of hydrogen-bond acceptors (Lipinski definition) is 2. The molecule has 0 unspecified atom stereocenters. The number of ketones is 1. The molecular weight excluding hydrogens is 260 g/mol. The first kappa shape index (κ1) is 13.7. The Balaban J connectivity index is 1.62. The quantitative estimate of drug-likeness (QED) is 0.684. The summed E-state index contributed by atoms with van der Waals surface area (Å²) >= 11 is 0. The summed E-state index contributed by atoms with van der Waals surface area (Å²) < 4.78 is 0. The van der Waals surface area contributed by atoms with Crippen LogP contribution in [0.4, 0.5) is 0 Å². The summed E-state index contributed by atoms with van der Waals surface area (Å²) in [5.74, 6) is 3.69. The van der Waals surface area contributed by atoms with E-state index < -0.39 is 0 Å². The third-order valence-corrected chi connectivity index (χ3v) is 7.54. The third-order valence-electron chi connectivity index (χ3n) is 7.54. The molecule has 2 heteroatoms. The molecule has 21 heavy (non-hydrogen) atoms. The van der Waals surface area contributed by atoms with Crippen molar-refractivity contribution in [2.24, 2.45) is 35.0 Å². The Hall–Kier alpha value is -0.920. The molecule has 2 nitrogen and oxygen atoms in total. The molecule has 0 heterocycles. The van der Waals surface area contributed by atoms with Gasteiger partial charge in [0.05, 0.1) is 0 Å². The van der Waals surface area contributed by atoms with Crippen molar-refractivity contribution in [3.8, 4) is 0 Å². The number of allylic oxidation sites excluding steroid dienone is 1. The van der Waals surface area contributed by atoms with E-state index in [1.165, 1.54) is 37.5 Å². The number of carbonyl (C=O) groups is 2. The van der Waals surface area contributed by atoms with Crippen molar-refractivity contribution in [1.29, 1.82) is 0 Å². The van der Waals surface area contributed by atoms with Crippen LogP contribution in [-0.4, -0.2) is 12.1 Å². The van der Waals surface area contributed by atoms with E-state index >= 15 is 0 Å². The lowest BCUT2D eigenvalue weighted by Crippen LogP contribution is -2.46. The average molecular weight is 286 g/mol. The third kappa shape index (κ3) is 1.90. The fourth-order valence-electron chi connectivity index (χ4n) is 6.45. The summed E-state index contributed by atoms with van der Waals surface area (Å²) in [5.41, 5.74) is 1.73. The zero-order chi connectivity index (χ0) is 14.6. The van der Waals surface area contributed by atoms with Crippen LogP contribution in [0.2, 0.25) is 0 Å². The zero-order valence-corrected chi connectivity index (χ0v) is 13.0. The van der Waals surface area contributed by atoms with Gasteiger partial charge in [0.1, 0.15) is 6.29 Å². The molecule has 4 rings (SSSR count). The highest BCUT2D eigenvalue weighted by atomic mass is 16.1. The molecule has 0 radical (unpaired) electrons. The van der Waals surface area contributed by atoms with E-state index in [4.69, 9.17) is 0 Å². The van der Waals surface area contributed by atoms with E-state index in [1.54, 1.807) is 0 Å². The minimum absolute atomic E-state index is 0.272. The average Bonchev–Trinajstić information content (AvgIpc) is 2.83. The van der Waals surface area contributed by atoms with Crippen LogP contribution in [-0.2, 0) is 9.59 Å². The van der Waals surface area contributed by atoms with E-state index in [2.05, 4.69) is 6.92 Å². The second-order valence-electron chi connectivity index (χ2n) is 8.17. The van der Waals surface area contributed by atoms with Gasteiger partial charge in [-0.3, -0.25) is 4.79 Å². The largest absolute Gasteiger partial charge is 0.303 e. The van der Waals surface area contributed by atoms with Crippen molar-refractivity contribution in [1.82, 2.24) is 0 Å². The molecule has 114 valence electrons. The molecule has 4 aliphatic carbocycles. The first-order valence-corrected chi connectivity index (χ1v) is 8.82. The summed E-state index contributed by atoms with van der Waals surface area (Å²) in [4.78, 5) is 23.1. The van der Waals surface area contributed by atoms with Crippen molar-refractivity contribution in [3.05, 3.63) is 11.6 Å². The van der Waals surface area contributed by atoms with Crippen molar-refractivity contribution >= 4 is 12.1 Å². The Morgan fingerprint density at radius 2 is 1.95 bits per heavy atom. The van der Waals surface area contributed by atoms with Gasteiger partial charge in [0, 0.05) is 12.3 Å². The fraction of sp³-hybridized carbons (Fsp3) is 0.789. The Morgan fingerprint density at radius 1 is 1.10 bits per heavy atom. The maximum atomic E-state index is 11.7. The normalized spacial score (nSPS) is 48.9. The van der Waals surface area contributed by atoms with Crippen LogP contribution in [0.25, 0.3) is 0 Å². The summed E-state index contributed by atoms with van der Waals surface area (Å²) in [6, 6.07) is 0. The van der Waals surface area contributed by atoms with Gasteiger partial charge in [-0.05, 0) is 80.1 Å². The Labute approximate surface area is 127 Å². The fourth-order valence-corrected chi connectivity index (χ4v) is 6.45. The van der Waals surface area contributed by atoms with E-state index in [1.807, 2.05) is 6.08 Å². The molecule has 4 aliphatic rings. The predicted molar refractivity (Wildman–Crippen MR) is 81.6 cm³/mol. The van der Waals surface area contributed by atoms with Gasteiger partial charge in [-0.1, -0.05) is 12.5 Å². The predicted octanol–water partition coefficient (Wildman–Crippen LogP) is 3.94. The molecule has 0 saturated heterocycles. The van der Waals surface area contributed by atoms with Gasteiger partial charge < -0.3 is 4.79 Å². The topological polar surface area (TPSA) is 34.1 Å². The van der Waals surface area contributed by atoms with Gasteiger partial charge in [0.2, 0.25) is 0 Å². The first-order valence-electron chi connectivity index (χ1n) is 8.82. The van der Waals surface area contributed by atoms with Crippen molar-refractivity contribution in [2.45, 2.75) is 58.3 Å². The molecule has 0 bridgehead atoms. The van der Waals surface area contributed by atoms with Crippen molar-refractivity contribution in [3.63, 3.8) is 0 Å². The Kier molecular flexibility index (Phi) is 3.13. The van der Waals surface area contributed by atoms with Gasteiger partial charge in [0.25, 0.3) is 0 Å². The van der Waals surface area contributed by atoms with Gasteiger partial charge in [-0.2, -0.15) is 0 Å². The lowest BCUT2D eigenvalue weighted by molar-refractivity contribution is -0.118. The van der Waals surface area contributed by atoms with Crippen LogP contribution >= 0.6 is 0 Å². The lowest BCUT2D eigenvalue weighted by Gasteiger charge is -2.53. The van der Waals surface area contributed by atoms with Crippen LogP contribution < -0.4 is 0 Å². The molecule has 0 N–H and O–H groups in total. The molecule has 0 aromatic heterocycles. The summed E-state index contributed by atoms with van der Waals surface area (Å²) in [7, 11) is 0. The number of fused-ring (bicyclic) bond motifs is 5. The maximum absolute atomic E-state index is 11.7.